The normalized spacial score (nSPS) is 15.7. The average molecular weight is 523 g/mol. The number of thioether (sulfide) groups is 1. The Balaban J connectivity index is 2.15. The molecular weight excluding hydrogens is 495 g/mol. The maximum absolute atomic E-state index is 13.8. The SMILES string of the molecule is CCSc1ccc(-c2cc(F)cc(F)c2)nc1/C(C)=N/C(/C=C(\CC1CC1)C(F)(F)F)=C(\C)C(C)=O. The van der Waals surface area contributed by atoms with E-state index in [2.05, 4.69) is 9.98 Å². The predicted octanol–water partition coefficient (Wildman–Crippen LogP) is 8.10. The number of aromatic nitrogens is 1. The Labute approximate surface area is 211 Å². The molecule has 0 unspecified atom stereocenters. The number of benzene rings is 1. The fourth-order valence-corrected chi connectivity index (χ4v) is 4.34. The number of carbonyl (C=O) groups is 1. The van der Waals surface area contributed by atoms with Gasteiger partial charge in [-0.1, -0.05) is 6.92 Å². The van der Waals surface area contributed by atoms with E-state index in [1.54, 1.807) is 19.1 Å². The molecule has 1 aliphatic carbocycles. The van der Waals surface area contributed by atoms with E-state index in [-0.39, 0.29) is 40.6 Å². The molecule has 0 radical (unpaired) electrons. The summed E-state index contributed by atoms with van der Waals surface area (Å²) in [6, 6.07) is 6.41. The van der Waals surface area contributed by atoms with Crippen LogP contribution in [0.5, 0.6) is 0 Å². The van der Waals surface area contributed by atoms with E-state index < -0.39 is 29.2 Å². The van der Waals surface area contributed by atoms with Crippen LogP contribution in [0.2, 0.25) is 0 Å². The van der Waals surface area contributed by atoms with Crippen LogP contribution < -0.4 is 0 Å². The summed E-state index contributed by atoms with van der Waals surface area (Å²) in [7, 11) is 0. The van der Waals surface area contributed by atoms with Crippen LogP contribution in [0, 0.1) is 17.6 Å². The number of Topliss-reactive ketones (excluding diaryl/α,β-unsaturated/α-hetero) is 1. The van der Waals surface area contributed by atoms with Crippen molar-refractivity contribution in [3.05, 3.63) is 70.6 Å². The standard InChI is InChI=1S/C27H27F5N2OS/c1-5-36-25-9-8-23(19-11-21(28)14-22(29)12-19)34-26(25)16(3)33-24(15(2)17(4)35)13-20(27(30,31)32)10-18-6-7-18/h8-9,11-14,18H,5-7,10H2,1-4H3/b20-13+,24-15+,33-16+. The van der Waals surface area contributed by atoms with Gasteiger partial charge < -0.3 is 0 Å². The molecule has 36 heavy (non-hydrogen) atoms. The van der Waals surface area contributed by atoms with E-state index in [0.717, 1.165) is 37.1 Å². The summed E-state index contributed by atoms with van der Waals surface area (Å²) in [6.07, 6.45) is -2.22. The van der Waals surface area contributed by atoms with Crippen LogP contribution in [0.3, 0.4) is 0 Å². The first-order valence-electron chi connectivity index (χ1n) is 11.5. The zero-order valence-electron chi connectivity index (χ0n) is 20.5. The number of nitrogens with zero attached hydrogens (tertiary/aromatic N) is 2. The molecule has 3 rings (SSSR count). The molecule has 0 bridgehead atoms. The van der Waals surface area contributed by atoms with E-state index in [4.69, 9.17) is 0 Å². The first-order chi connectivity index (χ1) is 16.9. The quantitative estimate of drug-likeness (QED) is 0.110. The van der Waals surface area contributed by atoms with Crippen molar-refractivity contribution >= 4 is 23.3 Å². The van der Waals surface area contributed by atoms with Crippen LogP contribution >= 0.6 is 11.8 Å². The summed E-state index contributed by atoms with van der Waals surface area (Å²) in [6.45, 7) is 6.24. The van der Waals surface area contributed by atoms with Crippen molar-refractivity contribution in [2.75, 3.05) is 5.75 Å². The van der Waals surface area contributed by atoms with Gasteiger partial charge in [-0.3, -0.25) is 9.79 Å². The molecule has 3 nitrogen and oxygen atoms in total. The molecule has 9 heteroatoms. The summed E-state index contributed by atoms with van der Waals surface area (Å²) in [5, 5.41) is 0. The fourth-order valence-electron chi connectivity index (χ4n) is 3.53. The zero-order valence-corrected chi connectivity index (χ0v) is 21.3. The molecule has 0 saturated heterocycles. The number of hydrogen-bond acceptors (Lipinski definition) is 4. The summed E-state index contributed by atoms with van der Waals surface area (Å²) in [5.41, 5.74) is 0.439. The number of rotatable bonds is 9. The van der Waals surface area contributed by atoms with Crippen molar-refractivity contribution in [1.82, 2.24) is 4.98 Å². The maximum Gasteiger partial charge on any atom is 0.412 e. The van der Waals surface area contributed by atoms with Crippen molar-refractivity contribution in [1.29, 1.82) is 0 Å². The number of alkyl halides is 3. The molecule has 1 aliphatic rings. The lowest BCUT2D eigenvalue weighted by Gasteiger charge is -2.14. The van der Waals surface area contributed by atoms with Gasteiger partial charge in [0.15, 0.2) is 5.78 Å². The smallest absolute Gasteiger partial charge is 0.295 e. The highest BCUT2D eigenvalue weighted by Gasteiger charge is 2.37. The van der Waals surface area contributed by atoms with Crippen LogP contribution in [0.4, 0.5) is 22.0 Å². The van der Waals surface area contributed by atoms with Gasteiger partial charge >= 0.3 is 6.18 Å². The molecule has 1 heterocycles. The maximum atomic E-state index is 13.8. The number of aliphatic imine (C=N–C) groups is 1. The van der Waals surface area contributed by atoms with E-state index in [9.17, 15) is 26.7 Å². The van der Waals surface area contributed by atoms with Crippen molar-refractivity contribution < 1.29 is 26.7 Å². The third-order valence-corrected chi connectivity index (χ3v) is 6.67. The monoisotopic (exact) mass is 522 g/mol. The van der Waals surface area contributed by atoms with Gasteiger partial charge in [0.25, 0.3) is 0 Å². The number of hydrogen-bond donors (Lipinski definition) is 0. The van der Waals surface area contributed by atoms with Gasteiger partial charge in [-0.2, -0.15) is 13.2 Å². The second-order valence-electron chi connectivity index (χ2n) is 8.71. The average Bonchev–Trinajstić information content (AvgIpc) is 3.60. The highest BCUT2D eigenvalue weighted by molar-refractivity contribution is 7.99. The lowest BCUT2D eigenvalue weighted by molar-refractivity contribution is -0.113. The van der Waals surface area contributed by atoms with E-state index in [0.29, 0.717) is 16.3 Å². The van der Waals surface area contributed by atoms with E-state index >= 15 is 0 Å². The number of ketones is 1. The van der Waals surface area contributed by atoms with Gasteiger partial charge in [-0.05, 0) is 82.0 Å². The first kappa shape index (κ1) is 27.8. The third-order valence-electron chi connectivity index (χ3n) is 5.74. The van der Waals surface area contributed by atoms with Gasteiger partial charge in [0.1, 0.15) is 11.6 Å². The number of pyridine rings is 1. The minimum Gasteiger partial charge on any atom is -0.295 e. The topological polar surface area (TPSA) is 42.3 Å². The first-order valence-corrected chi connectivity index (χ1v) is 12.5. The van der Waals surface area contributed by atoms with Crippen molar-refractivity contribution in [3.8, 4) is 11.3 Å². The lowest BCUT2D eigenvalue weighted by atomic mass is 10.0. The molecule has 192 valence electrons. The van der Waals surface area contributed by atoms with E-state index in [1.165, 1.54) is 25.6 Å². The van der Waals surface area contributed by atoms with Crippen LogP contribution in [0.15, 0.2) is 63.1 Å². The molecule has 1 aromatic carbocycles. The van der Waals surface area contributed by atoms with Gasteiger partial charge in [0.05, 0.1) is 22.8 Å². The number of halogens is 5. The minimum atomic E-state index is -4.54. The molecule has 0 amide bonds. The Kier molecular flexibility index (Phi) is 8.87. The van der Waals surface area contributed by atoms with Gasteiger partial charge in [-0.15, -0.1) is 11.8 Å². The molecule has 1 aromatic heterocycles. The van der Waals surface area contributed by atoms with Crippen LogP contribution in [0.1, 0.15) is 52.7 Å². The second kappa shape index (κ2) is 11.5. The minimum absolute atomic E-state index is 0.0144. The van der Waals surface area contributed by atoms with Gasteiger partial charge in [-0.25, -0.2) is 13.8 Å². The second-order valence-corrected chi connectivity index (χ2v) is 10.0. The summed E-state index contributed by atoms with van der Waals surface area (Å²) in [5.74, 6) is -1.24. The zero-order chi connectivity index (χ0) is 26.6. The summed E-state index contributed by atoms with van der Waals surface area (Å²) < 4.78 is 68.9. The van der Waals surface area contributed by atoms with Gasteiger partial charge in [0.2, 0.25) is 0 Å². The molecule has 1 saturated carbocycles. The summed E-state index contributed by atoms with van der Waals surface area (Å²) >= 11 is 1.45. The Hall–Kier alpha value is -2.81. The van der Waals surface area contributed by atoms with Crippen LogP contribution in [-0.2, 0) is 4.79 Å². The van der Waals surface area contributed by atoms with Crippen molar-refractivity contribution in [2.24, 2.45) is 10.9 Å². The molecule has 0 spiro atoms. The van der Waals surface area contributed by atoms with Gasteiger partial charge in [0, 0.05) is 27.7 Å². The Bertz CT molecular complexity index is 1220. The van der Waals surface area contributed by atoms with Crippen molar-refractivity contribution in [2.45, 2.75) is 58.0 Å². The predicted molar refractivity (Wildman–Crippen MR) is 133 cm³/mol. The highest BCUT2D eigenvalue weighted by atomic mass is 32.2. The van der Waals surface area contributed by atoms with Crippen LogP contribution in [0.25, 0.3) is 11.3 Å². The van der Waals surface area contributed by atoms with Crippen LogP contribution in [-0.4, -0.2) is 28.4 Å². The third kappa shape index (κ3) is 7.35. The molecule has 2 aromatic rings. The molecule has 0 atom stereocenters. The summed E-state index contributed by atoms with van der Waals surface area (Å²) in [4.78, 5) is 21.8. The number of carbonyl (C=O) groups excluding carboxylic acids is 1. The Morgan fingerprint density at radius 1 is 1.11 bits per heavy atom. The molecule has 1 fully saturated rings. The fraction of sp³-hybridized carbons (Fsp3) is 0.370. The lowest BCUT2D eigenvalue weighted by Crippen LogP contribution is -2.13. The van der Waals surface area contributed by atoms with Crippen molar-refractivity contribution in [3.63, 3.8) is 0 Å². The molecular formula is C27H27F5N2OS. The molecule has 0 aliphatic heterocycles. The number of allylic oxidation sites excluding steroid dienone is 3. The highest BCUT2D eigenvalue weighted by Crippen LogP contribution is 2.41. The largest absolute Gasteiger partial charge is 0.412 e. The molecule has 0 N–H and O–H groups in total. The van der Waals surface area contributed by atoms with E-state index in [1.807, 2.05) is 6.92 Å². The Morgan fingerprint density at radius 2 is 1.75 bits per heavy atom. The Morgan fingerprint density at radius 3 is 2.28 bits per heavy atom.